The second kappa shape index (κ2) is 4.23. The Balaban J connectivity index is 1.65. The molecule has 0 amide bonds. The number of rotatable bonds is 3. The maximum atomic E-state index is 5.76. The van der Waals surface area contributed by atoms with E-state index in [1.165, 1.54) is 18.4 Å². The summed E-state index contributed by atoms with van der Waals surface area (Å²) in [4.78, 5) is 6.84. The molecule has 2 aliphatic rings. The fraction of sp³-hybridized carbons (Fsp3) is 0.467. The molecule has 0 atom stereocenters. The lowest BCUT2D eigenvalue weighted by molar-refractivity contribution is 0.359. The molecule has 2 N–H and O–H groups in total. The van der Waals surface area contributed by atoms with E-state index in [-0.39, 0.29) is 5.41 Å². The van der Waals surface area contributed by atoms with Crippen molar-refractivity contribution >= 4 is 11.6 Å². The predicted octanol–water partition coefficient (Wildman–Crippen LogP) is 2.33. The van der Waals surface area contributed by atoms with E-state index in [9.17, 15) is 0 Å². The predicted molar refractivity (Wildman–Crippen MR) is 76.6 cm³/mol. The highest BCUT2D eigenvalue weighted by Crippen LogP contribution is 2.53. The van der Waals surface area contributed by atoms with Crippen molar-refractivity contribution in [2.75, 3.05) is 23.7 Å². The van der Waals surface area contributed by atoms with Crippen LogP contribution in [0.1, 0.15) is 37.1 Å². The van der Waals surface area contributed by atoms with Crippen LogP contribution in [0.5, 0.6) is 0 Å². The Morgan fingerprint density at radius 2 is 1.80 bits per heavy atom. The fourth-order valence-corrected chi connectivity index (χ4v) is 3.01. The van der Waals surface area contributed by atoms with E-state index >= 15 is 0 Å². The second-order valence-corrected chi connectivity index (χ2v) is 5.80. The summed E-state index contributed by atoms with van der Waals surface area (Å²) in [5.74, 6) is 1.50. The molecule has 1 aliphatic heterocycles. The summed E-state index contributed by atoms with van der Waals surface area (Å²) < 4.78 is 5.55. The molecular formula is C15H18N4O. The van der Waals surface area contributed by atoms with E-state index in [2.05, 4.69) is 27.2 Å². The van der Waals surface area contributed by atoms with Gasteiger partial charge in [-0.1, -0.05) is 12.1 Å². The molecule has 2 aromatic rings. The topological polar surface area (TPSA) is 68.2 Å². The Bertz CT molecular complexity index is 609. The minimum absolute atomic E-state index is 0.0708. The summed E-state index contributed by atoms with van der Waals surface area (Å²) in [6.45, 7) is 2.07. The molecule has 1 aliphatic carbocycles. The first-order valence-electron chi connectivity index (χ1n) is 7.23. The third-order valence-electron chi connectivity index (χ3n) is 4.43. The van der Waals surface area contributed by atoms with E-state index in [1.807, 2.05) is 12.1 Å². The van der Waals surface area contributed by atoms with Gasteiger partial charge < -0.3 is 15.2 Å². The molecule has 1 saturated heterocycles. The van der Waals surface area contributed by atoms with Crippen molar-refractivity contribution in [2.45, 2.75) is 31.1 Å². The minimum Gasteiger partial charge on any atom is -0.399 e. The monoisotopic (exact) mass is 270 g/mol. The van der Waals surface area contributed by atoms with Gasteiger partial charge in [0, 0.05) is 18.8 Å². The first kappa shape index (κ1) is 11.8. The zero-order valence-corrected chi connectivity index (χ0v) is 11.4. The maximum Gasteiger partial charge on any atom is 0.266 e. The van der Waals surface area contributed by atoms with Crippen molar-refractivity contribution in [3.05, 3.63) is 35.7 Å². The van der Waals surface area contributed by atoms with Gasteiger partial charge in [-0.15, -0.1) is 0 Å². The molecule has 5 nitrogen and oxygen atoms in total. The second-order valence-electron chi connectivity index (χ2n) is 5.80. The van der Waals surface area contributed by atoms with Crippen molar-refractivity contribution in [2.24, 2.45) is 0 Å². The maximum absolute atomic E-state index is 5.76. The van der Waals surface area contributed by atoms with E-state index in [1.54, 1.807) is 0 Å². The number of nitrogens with two attached hydrogens (primary N) is 1. The van der Waals surface area contributed by atoms with Crippen LogP contribution in [0.2, 0.25) is 0 Å². The fourth-order valence-electron chi connectivity index (χ4n) is 3.01. The summed E-state index contributed by atoms with van der Waals surface area (Å²) in [5, 5.41) is 4.16. The number of hydrogen-bond donors (Lipinski definition) is 1. The third kappa shape index (κ3) is 1.77. The molecule has 2 heterocycles. The van der Waals surface area contributed by atoms with Gasteiger partial charge >= 0.3 is 0 Å². The molecule has 1 aromatic heterocycles. The van der Waals surface area contributed by atoms with Crippen LogP contribution >= 0.6 is 0 Å². The van der Waals surface area contributed by atoms with Gasteiger partial charge in [-0.05, 0) is 48.5 Å². The number of nitrogen functional groups attached to an aromatic ring is 1. The van der Waals surface area contributed by atoms with Crippen molar-refractivity contribution < 1.29 is 4.52 Å². The highest BCUT2D eigenvalue weighted by Gasteiger charge is 2.51. The molecule has 2 fully saturated rings. The summed E-state index contributed by atoms with van der Waals surface area (Å²) >= 11 is 0. The van der Waals surface area contributed by atoms with Gasteiger partial charge in [-0.3, -0.25) is 0 Å². The van der Waals surface area contributed by atoms with Gasteiger partial charge in [0.2, 0.25) is 5.89 Å². The number of aromatic nitrogens is 2. The Hall–Kier alpha value is -2.04. The van der Waals surface area contributed by atoms with Gasteiger partial charge in [0.05, 0.1) is 5.41 Å². The molecule has 20 heavy (non-hydrogen) atoms. The Labute approximate surface area is 117 Å². The van der Waals surface area contributed by atoms with Crippen LogP contribution in [0.4, 0.5) is 11.6 Å². The normalized spacial score (nSPS) is 20.3. The highest BCUT2D eigenvalue weighted by atomic mass is 16.5. The van der Waals surface area contributed by atoms with Crippen molar-refractivity contribution in [3.63, 3.8) is 0 Å². The summed E-state index contributed by atoms with van der Waals surface area (Å²) in [7, 11) is 0. The Morgan fingerprint density at radius 3 is 2.45 bits per heavy atom. The number of hydrogen-bond acceptors (Lipinski definition) is 5. The molecular weight excluding hydrogens is 252 g/mol. The van der Waals surface area contributed by atoms with Crippen LogP contribution in [-0.4, -0.2) is 23.2 Å². The number of benzene rings is 1. The average molecular weight is 270 g/mol. The van der Waals surface area contributed by atoms with Crippen LogP contribution in [0.15, 0.2) is 28.8 Å². The third-order valence-corrected chi connectivity index (χ3v) is 4.43. The zero-order chi connectivity index (χ0) is 13.6. The van der Waals surface area contributed by atoms with E-state index < -0.39 is 0 Å². The number of anilines is 2. The van der Waals surface area contributed by atoms with Gasteiger partial charge in [-0.25, -0.2) is 0 Å². The minimum atomic E-state index is -0.0708. The molecule has 104 valence electrons. The standard InChI is InChI=1S/C15H18N4O/c16-12-5-3-11(4-6-12)15(7-8-15)13-17-14(18-20-13)19-9-1-2-10-19/h3-6H,1-2,7-10,16H2. The van der Waals surface area contributed by atoms with E-state index in [4.69, 9.17) is 10.3 Å². The zero-order valence-electron chi connectivity index (χ0n) is 11.4. The molecule has 0 bridgehead atoms. The van der Waals surface area contributed by atoms with Gasteiger partial charge in [0.1, 0.15) is 0 Å². The van der Waals surface area contributed by atoms with Gasteiger partial charge in [-0.2, -0.15) is 4.98 Å². The molecule has 1 saturated carbocycles. The lowest BCUT2D eigenvalue weighted by Gasteiger charge is -2.12. The van der Waals surface area contributed by atoms with Crippen LogP contribution in [-0.2, 0) is 5.41 Å². The molecule has 0 spiro atoms. The largest absolute Gasteiger partial charge is 0.399 e. The lowest BCUT2D eigenvalue weighted by atomic mass is 9.96. The summed E-state index contributed by atoms with van der Waals surface area (Å²) in [5.41, 5.74) is 7.70. The van der Waals surface area contributed by atoms with Gasteiger partial charge in [0.25, 0.3) is 5.95 Å². The van der Waals surface area contributed by atoms with Crippen LogP contribution in [0.3, 0.4) is 0 Å². The molecule has 4 rings (SSSR count). The SMILES string of the molecule is Nc1ccc(C2(c3nc(N4CCCC4)no3)CC2)cc1. The van der Waals surface area contributed by atoms with Crippen molar-refractivity contribution in [1.82, 2.24) is 10.1 Å². The van der Waals surface area contributed by atoms with Crippen molar-refractivity contribution in [1.29, 1.82) is 0 Å². The highest BCUT2D eigenvalue weighted by molar-refractivity contribution is 5.46. The first-order valence-corrected chi connectivity index (χ1v) is 7.23. The first-order chi connectivity index (χ1) is 9.78. The average Bonchev–Trinajstić information content (AvgIpc) is 2.93. The molecule has 0 unspecified atom stereocenters. The Kier molecular flexibility index (Phi) is 2.49. The summed E-state index contributed by atoms with van der Waals surface area (Å²) in [6.07, 6.45) is 4.57. The number of nitrogens with zero attached hydrogens (tertiary/aromatic N) is 3. The smallest absolute Gasteiger partial charge is 0.266 e. The Morgan fingerprint density at radius 1 is 1.10 bits per heavy atom. The quantitative estimate of drug-likeness (QED) is 0.867. The molecule has 1 aromatic carbocycles. The van der Waals surface area contributed by atoms with E-state index in [0.29, 0.717) is 0 Å². The van der Waals surface area contributed by atoms with Crippen LogP contribution in [0, 0.1) is 0 Å². The molecule has 5 heteroatoms. The van der Waals surface area contributed by atoms with E-state index in [0.717, 1.165) is 43.5 Å². The summed E-state index contributed by atoms with van der Waals surface area (Å²) in [6, 6.07) is 8.02. The lowest BCUT2D eigenvalue weighted by Crippen LogP contribution is -2.19. The van der Waals surface area contributed by atoms with Gasteiger partial charge in [0.15, 0.2) is 0 Å². The van der Waals surface area contributed by atoms with Crippen LogP contribution < -0.4 is 10.6 Å². The molecule has 0 radical (unpaired) electrons. The van der Waals surface area contributed by atoms with Crippen molar-refractivity contribution in [3.8, 4) is 0 Å². The van der Waals surface area contributed by atoms with Crippen LogP contribution in [0.25, 0.3) is 0 Å².